The van der Waals surface area contributed by atoms with Crippen molar-refractivity contribution in [2.45, 2.75) is 39.2 Å². The molecule has 2 heterocycles. The van der Waals surface area contributed by atoms with Gasteiger partial charge in [0.05, 0.1) is 12.2 Å². The highest BCUT2D eigenvalue weighted by Gasteiger charge is 2.45. The van der Waals surface area contributed by atoms with E-state index in [1.54, 1.807) is 0 Å². The number of ether oxygens (including phenoxy) is 1. The minimum absolute atomic E-state index is 0.230. The molecule has 0 N–H and O–H groups in total. The zero-order valence-corrected chi connectivity index (χ0v) is 7.76. The van der Waals surface area contributed by atoms with Crippen LogP contribution < -0.4 is 0 Å². The van der Waals surface area contributed by atoms with Crippen LogP contribution >= 0.6 is 0 Å². The van der Waals surface area contributed by atoms with Gasteiger partial charge in [0.15, 0.2) is 0 Å². The Balaban J connectivity index is 2.19. The topological polar surface area (TPSA) is 9.23 Å². The molecule has 2 aliphatic heterocycles. The van der Waals surface area contributed by atoms with Gasteiger partial charge in [0.1, 0.15) is 0 Å². The predicted octanol–water partition coefficient (Wildman–Crippen LogP) is 2.46. The summed E-state index contributed by atoms with van der Waals surface area (Å²) in [6.07, 6.45) is 2.56. The average Bonchev–Trinajstić information content (AvgIpc) is 1.83. The largest absolute Gasteiger partial charge is 0.375 e. The van der Waals surface area contributed by atoms with E-state index in [-0.39, 0.29) is 5.60 Å². The molecule has 0 aromatic heterocycles. The van der Waals surface area contributed by atoms with Gasteiger partial charge in [-0.3, -0.25) is 0 Å². The van der Waals surface area contributed by atoms with Crippen molar-refractivity contribution in [1.82, 2.24) is 0 Å². The van der Waals surface area contributed by atoms with Crippen LogP contribution in [0.5, 0.6) is 0 Å². The Labute approximate surface area is 69.1 Å². The number of hydrogen-bond donors (Lipinski definition) is 0. The molecule has 0 radical (unpaired) electrons. The van der Waals surface area contributed by atoms with Crippen molar-refractivity contribution in [3.05, 3.63) is 0 Å². The predicted molar refractivity (Wildman–Crippen MR) is 45.4 cm³/mol. The van der Waals surface area contributed by atoms with Crippen LogP contribution in [-0.4, -0.2) is 12.2 Å². The molecule has 3 fully saturated rings. The van der Waals surface area contributed by atoms with Crippen molar-refractivity contribution < 1.29 is 4.74 Å². The SMILES string of the molecule is C[C@H]1CC2(C)C[C@H](C)C1CO2. The molecule has 0 aromatic carbocycles. The summed E-state index contributed by atoms with van der Waals surface area (Å²) in [7, 11) is 0. The van der Waals surface area contributed by atoms with Crippen molar-refractivity contribution in [3.8, 4) is 0 Å². The lowest BCUT2D eigenvalue weighted by molar-refractivity contribution is -0.176. The third-order valence-electron chi connectivity index (χ3n) is 3.59. The summed E-state index contributed by atoms with van der Waals surface area (Å²) < 4.78 is 5.81. The molecular formula is C10H18O. The van der Waals surface area contributed by atoms with E-state index in [1.165, 1.54) is 12.8 Å². The first kappa shape index (κ1) is 7.60. The lowest BCUT2D eigenvalue weighted by Gasteiger charge is -2.51. The number of hydrogen-bond acceptors (Lipinski definition) is 1. The second-order valence-corrected chi connectivity index (χ2v) is 4.79. The van der Waals surface area contributed by atoms with Crippen molar-refractivity contribution in [1.29, 1.82) is 0 Å². The van der Waals surface area contributed by atoms with Gasteiger partial charge in [0.25, 0.3) is 0 Å². The Kier molecular flexibility index (Phi) is 1.54. The summed E-state index contributed by atoms with van der Waals surface area (Å²) >= 11 is 0. The first-order chi connectivity index (χ1) is 5.11. The summed E-state index contributed by atoms with van der Waals surface area (Å²) in [5.74, 6) is 2.62. The summed E-state index contributed by atoms with van der Waals surface area (Å²) in [6, 6.07) is 0. The Bertz CT molecular complexity index is 152. The molecule has 2 saturated heterocycles. The molecule has 0 unspecified atom stereocenters. The Morgan fingerprint density at radius 2 is 1.73 bits per heavy atom. The van der Waals surface area contributed by atoms with Gasteiger partial charge in [0.2, 0.25) is 0 Å². The lowest BCUT2D eigenvalue weighted by Crippen LogP contribution is -2.50. The maximum absolute atomic E-state index is 5.81. The highest BCUT2D eigenvalue weighted by Crippen LogP contribution is 2.47. The van der Waals surface area contributed by atoms with Crippen LogP contribution in [0.2, 0.25) is 0 Å². The van der Waals surface area contributed by atoms with E-state index in [2.05, 4.69) is 20.8 Å². The standard InChI is InChI=1S/C10H18O/c1-7-4-10(3)5-8(2)9(7)6-11-10/h7-9H,4-6H2,1-3H3/t7-,8-,9?,10?/m0/s1. The second-order valence-electron chi connectivity index (χ2n) is 4.79. The van der Waals surface area contributed by atoms with Gasteiger partial charge in [-0.05, 0) is 37.5 Å². The molecule has 1 aliphatic carbocycles. The maximum Gasteiger partial charge on any atom is 0.0660 e. The molecule has 1 heteroatoms. The van der Waals surface area contributed by atoms with Crippen molar-refractivity contribution in [2.75, 3.05) is 6.61 Å². The molecule has 1 saturated carbocycles. The third-order valence-corrected chi connectivity index (χ3v) is 3.59. The quantitative estimate of drug-likeness (QED) is 0.521. The molecule has 0 spiro atoms. The summed E-state index contributed by atoms with van der Waals surface area (Å²) in [5.41, 5.74) is 0.230. The van der Waals surface area contributed by atoms with E-state index in [9.17, 15) is 0 Å². The summed E-state index contributed by atoms with van der Waals surface area (Å²) in [5, 5.41) is 0. The number of rotatable bonds is 0. The van der Waals surface area contributed by atoms with Crippen LogP contribution in [-0.2, 0) is 4.74 Å². The van der Waals surface area contributed by atoms with E-state index in [4.69, 9.17) is 4.74 Å². The molecule has 3 rings (SSSR count). The van der Waals surface area contributed by atoms with E-state index in [0.29, 0.717) is 0 Å². The Morgan fingerprint density at radius 3 is 2.09 bits per heavy atom. The van der Waals surface area contributed by atoms with E-state index in [1.807, 2.05) is 0 Å². The van der Waals surface area contributed by atoms with Crippen LogP contribution in [0.4, 0.5) is 0 Å². The molecule has 1 nitrogen and oxygen atoms in total. The molecular weight excluding hydrogens is 136 g/mol. The van der Waals surface area contributed by atoms with Crippen LogP contribution in [0.3, 0.4) is 0 Å². The van der Waals surface area contributed by atoms with E-state index < -0.39 is 0 Å². The highest BCUT2D eigenvalue weighted by atomic mass is 16.5. The van der Waals surface area contributed by atoms with E-state index >= 15 is 0 Å². The fourth-order valence-corrected chi connectivity index (χ4v) is 3.05. The van der Waals surface area contributed by atoms with E-state index in [0.717, 1.165) is 24.4 Å². The monoisotopic (exact) mass is 154 g/mol. The highest BCUT2D eigenvalue weighted by molar-refractivity contribution is 4.95. The normalized spacial score (nSPS) is 56.5. The molecule has 0 amide bonds. The van der Waals surface area contributed by atoms with Crippen LogP contribution in [0.15, 0.2) is 0 Å². The number of fused-ring (bicyclic) bond motifs is 3. The zero-order chi connectivity index (χ0) is 8.06. The minimum Gasteiger partial charge on any atom is -0.375 e. The summed E-state index contributed by atoms with van der Waals surface area (Å²) in [6.45, 7) is 8.04. The first-order valence-electron chi connectivity index (χ1n) is 4.75. The Morgan fingerprint density at radius 1 is 1.18 bits per heavy atom. The smallest absolute Gasteiger partial charge is 0.0660 e. The van der Waals surface area contributed by atoms with Crippen LogP contribution in [0.1, 0.15) is 33.6 Å². The van der Waals surface area contributed by atoms with Crippen molar-refractivity contribution in [3.63, 3.8) is 0 Å². The molecule has 11 heavy (non-hydrogen) atoms. The van der Waals surface area contributed by atoms with Crippen molar-refractivity contribution in [2.24, 2.45) is 17.8 Å². The van der Waals surface area contributed by atoms with Gasteiger partial charge in [-0.1, -0.05) is 13.8 Å². The fraction of sp³-hybridized carbons (Fsp3) is 1.00. The fourth-order valence-electron chi connectivity index (χ4n) is 3.05. The van der Waals surface area contributed by atoms with Crippen LogP contribution in [0, 0.1) is 17.8 Å². The van der Waals surface area contributed by atoms with Gasteiger partial charge >= 0.3 is 0 Å². The molecule has 3 aliphatic rings. The maximum atomic E-state index is 5.81. The molecule has 2 bridgehead atoms. The van der Waals surface area contributed by atoms with Gasteiger partial charge in [-0.2, -0.15) is 0 Å². The van der Waals surface area contributed by atoms with Gasteiger partial charge < -0.3 is 4.74 Å². The van der Waals surface area contributed by atoms with Crippen LogP contribution in [0.25, 0.3) is 0 Å². The Hall–Kier alpha value is -0.0400. The van der Waals surface area contributed by atoms with Gasteiger partial charge in [0, 0.05) is 0 Å². The summed E-state index contributed by atoms with van der Waals surface area (Å²) in [4.78, 5) is 0. The molecule has 2 atom stereocenters. The lowest BCUT2D eigenvalue weighted by atomic mass is 9.65. The first-order valence-corrected chi connectivity index (χ1v) is 4.75. The van der Waals surface area contributed by atoms with Gasteiger partial charge in [-0.15, -0.1) is 0 Å². The third kappa shape index (κ3) is 1.10. The van der Waals surface area contributed by atoms with Gasteiger partial charge in [-0.25, -0.2) is 0 Å². The zero-order valence-electron chi connectivity index (χ0n) is 7.76. The van der Waals surface area contributed by atoms with Crippen molar-refractivity contribution >= 4 is 0 Å². The second kappa shape index (κ2) is 2.22. The molecule has 0 aromatic rings. The molecule has 64 valence electrons. The minimum atomic E-state index is 0.230. The average molecular weight is 154 g/mol.